The summed E-state index contributed by atoms with van der Waals surface area (Å²) in [5, 5.41) is 11.9. The summed E-state index contributed by atoms with van der Waals surface area (Å²) in [5.41, 5.74) is 9.65. The lowest BCUT2D eigenvalue weighted by Gasteiger charge is -2.17. The molecule has 1 aromatic carbocycles. The van der Waals surface area contributed by atoms with Crippen LogP contribution in [0.15, 0.2) is 34.6 Å². The average molecular weight is 391 g/mol. The van der Waals surface area contributed by atoms with Gasteiger partial charge in [0, 0.05) is 19.0 Å². The van der Waals surface area contributed by atoms with E-state index in [0.29, 0.717) is 28.8 Å². The lowest BCUT2D eigenvalue weighted by Crippen LogP contribution is -2.15. The van der Waals surface area contributed by atoms with Crippen LogP contribution in [-0.2, 0) is 6.42 Å². The lowest BCUT2D eigenvalue weighted by atomic mass is 10.0. The molecule has 3 aromatic rings. The molecule has 0 unspecified atom stereocenters. The normalized spacial score (nSPS) is 12.4. The fourth-order valence-electron chi connectivity index (χ4n) is 2.89. The number of aryl methyl sites for hydroxylation is 1. The SMILES string of the molecule is CN=Nc1ccc(-c2c(F)cn3nc(N)nc(CC(C)(S)S)c23)cc1C. The monoisotopic (exact) mass is 390 g/mol. The van der Waals surface area contributed by atoms with Crippen molar-refractivity contribution >= 4 is 42.4 Å². The van der Waals surface area contributed by atoms with Gasteiger partial charge in [0.25, 0.3) is 0 Å². The van der Waals surface area contributed by atoms with Gasteiger partial charge in [-0.2, -0.15) is 35.5 Å². The van der Waals surface area contributed by atoms with Crippen LogP contribution in [0.1, 0.15) is 18.2 Å². The maximum Gasteiger partial charge on any atom is 0.238 e. The van der Waals surface area contributed by atoms with Gasteiger partial charge in [-0.25, -0.2) is 13.9 Å². The molecule has 0 saturated heterocycles. The van der Waals surface area contributed by atoms with Crippen molar-refractivity contribution in [1.29, 1.82) is 0 Å². The third-order valence-corrected chi connectivity index (χ3v) is 4.19. The van der Waals surface area contributed by atoms with Crippen LogP contribution < -0.4 is 5.73 Å². The molecule has 3 rings (SSSR count). The first kappa shape index (κ1) is 18.7. The second-order valence-corrected chi connectivity index (χ2v) is 8.58. The molecule has 26 heavy (non-hydrogen) atoms. The van der Waals surface area contributed by atoms with E-state index in [2.05, 4.69) is 45.6 Å². The number of nitrogen functional groups attached to an aromatic ring is 1. The van der Waals surface area contributed by atoms with Gasteiger partial charge in [-0.3, -0.25) is 0 Å². The second kappa shape index (κ2) is 6.88. The fourth-order valence-corrected chi connectivity index (χ4v) is 3.19. The Kier molecular flexibility index (Phi) is 4.94. The predicted octanol–water partition coefficient (Wildman–Crippen LogP) is 4.26. The quantitative estimate of drug-likeness (QED) is 0.354. The molecule has 0 bridgehead atoms. The molecular formula is C17H19FN6S2. The van der Waals surface area contributed by atoms with Crippen molar-refractivity contribution in [1.82, 2.24) is 14.6 Å². The van der Waals surface area contributed by atoms with Crippen LogP contribution in [0.4, 0.5) is 16.0 Å². The molecular weight excluding hydrogens is 371 g/mol. The van der Waals surface area contributed by atoms with Gasteiger partial charge in [0.15, 0.2) is 5.82 Å². The number of benzene rings is 1. The van der Waals surface area contributed by atoms with Crippen LogP contribution in [0.25, 0.3) is 16.6 Å². The van der Waals surface area contributed by atoms with E-state index >= 15 is 0 Å². The first-order chi connectivity index (χ1) is 12.2. The smallest absolute Gasteiger partial charge is 0.238 e. The van der Waals surface area contributed by atoms with Gasteiger partial charge < -0.3 is 5.73 Å². The Morgan fingerprint density at radius 1 is 1.35 bits per heavy atom. The highest BCUT2D eigenvalue weighted by Gasteiger charge is 2.23. The molecule has 0 amide bonds. The number of hydrogen-bond acceptors (Lipinski definition) is 7. The van der Waals surface area contributed by atoms with Gasteiger partial charge in [0.2, 0.25) is 5.95 Å². The van der Waals surface area contributed by atoms with E-state index in [1.54, 1.807) is 19.2 Å². The number of anilines is 1. The van der Waals surface area contributed by atoms with Gasteiger partial charge in [0.1, 0.15) is 0 Å². The van der Waals surface area contributed by atoms with Gasteiger partial charge in [-0.05, 0) is 37.1 Å². The zero-order valence-corrected chi connectivity index (χ0v) is 16.4. The number of rotatable bonds is 4. The van der Waals surface area contributed by atoms with Crippen LogP contribution in [-0.4, -0.2) is 25.7 Å². The van der Waals surface area contributed by atoms with E-state index in [9.17, 15) is 4.39 Å². The number of aromatic nitrogens is 3. The zero-order valence-electron chi connectivity index (χ0n) is 14.6. The zero-order chi connectivity index (χ0) is 19.1. The standard InChI is InChI=1S/C17H19FN6S2/c1-9-6-10(4-5-12(9)22-20-3)14-11(18)8-24-15(14)13(7-17(2,25)26)21-16(19)23-24/h4-6,8,25-26H,7H2,1-3H3,(H2,19,23). The molecule has 9 heteroatoms. The van der Waals surface area contributed by atoms with Crippen LogP contribution >= 0.6 is 25.3 Å². The predicted molar refractivity (Wildman–Crippen MR) is 108 cm³/mol. The Morgan fingerprint density at radius 3 is 2.69 bits per heavy atom. The van der Waals surface area contributed by atoms with Crippen molar-refractivity contribution in [3.05, 3.63) is 41.5 Å². The Morgan fingerprint density at radius 2 is 2.08 bits per heavy atom. The van der Waals surface area contributed by atoms with Crippen LogP contribution in [0.3, 0.4) is 0 Å². The molecule has 0 saturated carbocycles. The molecule has 2 N–H and O–H groups in total. The minimum absolute atomic E-state index is 0.0647. The number of halogens is 1. The summed E-state index contributed by atoms with van der Waals surface area (Å²) in [5.74, 6) is -0.342. The molecule has 0 fully saturated rings. The maximum absolute atomic E-state index is 14.8. The van der Waals surface area contributed by atoms with E-state index in [1.165, 1.54) is 10.7 Å². The molecule has 0 aliphatic rings. The summed E-state index contributed by atoms with van der Waals surface area (Å²) >= 11 is 8.89. The van der Waals surface area contributed by atoms with Gasteiger partial charge in [-0.15, -0.1) is 5.10 Å². The van der Waals surface area contributed by atoms with Crippen molar-refractivity contribution in [3.63, 3.8) is 0 Å². The summed E-state index contributed by atoms with van der Waals surface area (Å²) in [4.78, 5) is 4.30. The minimum atomic E-state index is -0.638. The topological polar surface area (TPSA) is 80.9 Å². The summed E-state index contributed by atoms with van der Waals surface area (Å²) in [7, 11) is 1.61. The molecule has 6 nitrogen and oxygen atoms in total. The Hall–Kier alpha value is -2.13. The Labute approximate surface area is 161 Å². The first-order valence-electron chi connectivity index (χ1n) is 7.88. The Balaban J connectivity index is 2.26. The third kappa shape index (κ3) is 3.68. The fraction of sp³-hybridized carbons (Fsp3) is 0.294. The van der Waals surface area contributed by atoms with Crippen molar-refractivity contribution in [2.24, 2.45) is 10.2 Å². The molecule has 2 aromatic heterocycles. The summed E-state index contributed by atoms with van der Waals surface area (Å²) < 4.78 is 15.6. The van der Waals surface area contributed by atoms with Crippen LogP contribution in [0.2, 0.25) is 0 Å². The highest BCUT2D eigenvalue weighted by molar-refractivity contribution is 8.00. The van der Waals surface area contributed by atoms with Crippen molar-refractivity contribution in [2.75, 3.05) is 12.8 Å². The third-order valence-electron chi connectivity index (χ3n) is 3.87. The lowest BCUT2D eigenvalue weighted by molar-refractivity contribution is 0.628. The number of hydrogen-bond donors (Lipinski definition) is 3. The van der Waals surface area contributed by atoms with Crippen LogP contribution in [0.5, 0.6) is 0 Å². The highest BCUT2D eigenvalue weighted by Crippen LogP contribution is 2.35. The van der Waals surface area contributed by atoms with Gasteiger partial charge >= 0.3 is 0 Å². The molecule has 2 heterocycles. The summed E-state index contributed by atoms with van der Waals surface area (Å²) in [6.07, 6.45) is 1.68. The summed E-state index contributed by atoms with van der Waals surface area (Å²) in [6.45, 7) is 3.74. The van der Waals surface area contributed by atoms with Gasteiger partial charge in [-0.1, -0.05) is 6.07 Å². The minimum Gasteiger partial charge on any atom is -0.367 e. The van der Waals surface area contributed by atoms with E-state index in [1.807, 2.05) is 19.9 Å². The van der Waals surface area contributed by atoms with E-state index < -0.39 is 9.90 Å². The van der Waals surface area contributed by atoms with E-state index in [-0.39, 0.29) is 5.95 Å². The van der Waals surface area contributed by atoms with E-state index in [4.69, 9.17) is 5.73 Å². The number of nitrogens with zero attached hydrogens (tertiary/aromatic N) is 5. The van der Waals surface area contributed by atoms with Crippen molar-refractivity contribution in [3.8, 4) is 11.1 Å². The maximum atomic E-state index is 14.8. The van der Waals surface area contributed by atoms with Crippen molar-refractivity contribution < 1.29 is 4.39 Å². The molecule has 0 aliphatic carbocycles. The summed E-state index contributed by atoms with van der Waals surface area (Å²) in [6, 6.07) is 5.47. The number of nitrogens with two attached hydrogens (primary N) is 1. The van der Waals surface area contributed by atoms with Crippen molar-refractivity contribution in [2.45, 2.75) is 24.3 Å². The number of fused-ring (bicyclic) bond motifs is 1. The second-order valence-electron chi connectivity index (χ2n) is 6.26. The number of thiol groups is 2. The molecule has 136 valence electrons. The largest absolute Gasteiger partial charge is 0.367 e. The molecule has 0 atom stereocenters. The average Bonchev–Trinajstić information content (AvgIpc) is 2.84. The van der Waals surface area contributed by atoms with Gasteiger partial charge in [0.05, 0.1) is 27.2 Å². The number of azo groups is 1. The Bertz CT molecular complexity index is 1010. The van der Waals surface area contributed by atoms with Crippen LogP contribution in [0, 0.1) is 12.7 Å². The first-order valence-corrected chi connectivity index (χ1v) is 8.78. The molecule has 0 spiro atoms. The molecule has 0 aliphatic heterocycles. The molecule has 0 radical (unpaired) electrons. The highest BCUT2D eigenvalue weighted by atomic mass is 32.2. The van der Waals surface area contributed by atoms with E-state index in [0.717, 1.165) is 11.3 Å².